The van der Waals surface area contributed by atoms with Gasteiger partial charge in [-0.1, -0.05) is 18.2 Å². The van der Waals surface area contributed by atoms with Crippen LogP contribution in [-0.2, 0) is 60.7 Å². The van der Waals surface area contributed by atoms with Crippen molar-refractivity contribution in [2.45, 2.75) is 59.6 Å². The minimum atomic E-state index is -5.08. The van der Waals surface area contributed by atoms with Gasteiger partial charge in [0, 0.05) is 45.8 Å². The second-order valence-electron chi connectivity index (χ2n) is 22.5. The van der Waals surface area contributed by atoms with Gasteiger partial charge >= 0.3 is 0 Å². The van der Waals surface area contributed by atoms with Crippen LogP contribution in [0.1, 0.15) is 41.5 Å². The van der Waals surface area contributed by atoms with Gasteiger partial charge in [0.05, 0.1) is 78.9 Å². The Balaban J connectivity index is 1.20. The molecule has 3 heterocycles. The van der Waals surface area contributed by atoms with Crippen molar-refractivity contribution in [3.63, 3.8) is 0 Å². The summed E-state index contributed by atoms with van der Waals surface area (Å²) in [7, 11) is -27.9. The number of imidazole rings is 1. The number of non-ortho nitro benzene ring substituents is 1. The van der Waals surface area contributed by atoms with Crippen LogP contribution in [0.2, 0.25) is 0 Å². The van der Waals surface area contributed by atoms with Gasteiger partial charge in [0.25, 0.3) is 66.4 Å². The van der Waals surface area contributed by atoms with Crippen LogP contribution in [0.5, 0.6) is 11.6 Å². The van der Waals surface area contributed by atoms with Crippen molar-refractivity contribution in [1.29, 1.82) is 5.26 Å². The Morgan fingerprint density at radius 2 is 1.10 bits per heavy atom. The highest BCUT2D eigenvalue weighted by Gasteiger charge is 2.25. The molecule has 0 aliphatic carbocycles. The summed E-state index contributed by atoms with van der Waals surface area (Å²) in [5, 5.41) is 77.3. The number of pyridine rings is 1. The van der Waals surface area contributed by atoms with Gasteiger partial charge in [-0.15, -0.1) is 54.2 Å². The molecule has 9 rings (SSSR count). The van der Waals surface area contributed by atoms with Crippen molar-refractivity contribution in [1.82, 2.24) is 24.3 Å². The second-order valence-corrected chi connectivity index (χ2v) is 33.9. The fourth-order valence-electron chi connectivity index (χ4n) is 9.53. The molecule has 0 aliphatic rings. The molecule has 0 fully saturated rings. The molecule has 10 N–H and O–H groups in total. The highest BCUT2D eigenvalue weighted by atomic mass is 32.2. The average Bonchev–Trinajstić information content (AvgIpc) is 1.61. The van der Waals surface area contributed by atoms with E-state index >= 15 is 0 Å². The molecule has 9 aromatic rings. The molecule has 0 saturated carbocycles. The van der Waals surface area contributed by atoms with Gasteiger partial charge in [-0.2, -0.15) is 80.9 Å². The van der Waals surface area contributed by atoms with Crippen molar-refractivity contribution in [3.05, 3.63) is 135 Å². The standard InChI is InChI=1S/C59H58N18O22S8/c1-33-24-47(51(100-18-8-21-103(84,85)86)30-42(33)69-68-41-15-14-37(77(79)80)27-53(41)107(96,97)98)73-70-43-31-52(101-19-9-22-104(87,88)89)48(25-34(43)2)74-71-45-29-50(99-17-7-20-102(81,82)83)46(72-75-54-35(3)39(32-60)55-63-40-12-4-5-13-49(40)76(55)56(54)78)28-44(45)64-59-66-57(61-16-23-105(90,91)92)65-58(67-59)62-36-10-6-11-38(26-36)106(93,94)95/h4-6,10-15,24-31,78H,7-9,16-23H2,1-3H3,(H,81,82,83)(H,84,85,86)(H,87,88,89)(H,90,91,92)(H,93,94,95)(H,96,97,98)(H3,61,62,64,65,66,67). The molecule has 0 atom stereocenters. The number of aromatic hydroxyl groups is 1. The molecule has 48 heteroatoms. The van der Waals surface area contributed by atoms with E-state index in [2.05, 4.69) is 82.9 Å². The highest BCUT2D eigenvalue weighted by molar-refractivity contribution is 7.99. The number of para-hydroxylation sites is 2. The summed E-state index contributed by atoms with van der Waals surface area (Å²) in [6.45, 7) is 3.65. The van der Waals surface area contributed by atoms with Crippen molar-refractivity contribution in [2.24, 2.45) is 40.9 Å². The average molecular weight is 1630 g/mol. The van der Waals surface area contributed by atoms with Crippen molar-refractivity contribution in [3.8, 4) is 17.7 Å². The van der Waals surface area contributed by atoms with Gasteiger partial charge in [0.15, 0.2) is 11.3 Å². The number of benzene rings is 6. The zero-order chi connectivity index (χ0) is 78.0. The molecule has 0 bridgehead atoms. The zero-order valence-corrected chi connectivity index (χ0v) is 61.9. The third kappa shape index (κ3) is 22.6. The lowest BCUT2D eigenvalue weighted by atomic mass is 10.1. The number of rotatable bonds is 34. The number of aryl methyl sites for hydroxylation is 2. The number of hydrogen-bond acceptors (Lipinski definition) is 34. The molecule has 6 aromatic carbocycles. The summed E-state index contributed by atoms with van der Waals surface area (Å²) in [5.74, 6) is -4.87. The summed E-state index contributed by atoms with van der Waals surface area (Å²) >= 11 is 2.05. The number of nitro benzene ring substituents is 1. The number of nitriles is 1. The predicted molar refractivity (Wildman–Crippen MR) is 390 cm³/mol. The van der Waals surface area contributed by atoms with Crippen LogP contribution < -0.4 is 20.7 Å². The van der Waals surface area contributed by atoms with Crippen LogP contribution in [0.4, 0.5) is 80.4 Å². The number of anilines is 5. The SMILES string of the molecule is Cc1cc(N=Nc2cc(OCCCS(=O)(=O)O)c(N=Nc3c(C)c(C#N)c4nc5ccccc5n4c3O)cc2Nc2nc(NCCS(=O)(=O)O)nc(Nc3cccc(S(=O)(=O)O)c3)n2)c(SCCCS(=O)(=O)O)cc1N=Nc1cc(C)c(N=Nc2ccc([N+](=O)[O-])cc2S(=O)(=O)O)cc1SCCCS(=O)(=O)O. The minimum Gasteiger partial charge on any atom is -0.493 e. The monoisotopic (exact) mass is 1630 g/mol. The molecule has 107 heavy (non-hydrogen) atoms. The minimum absolute atomic E-state index is 0.00742. The van der Waals surface area contributed by atoms with E-state index in [1.807, 2.05) is 0 Å². The second kappa shape index (κ2) is 33.7. The molecule has 0 amide bonds. The number of azo groups is 4. The summed E-state index contributed by atoms with van der Waals surface area (Å²) in [5.41, 5.74) is -0.0545. The number of ether oxygens (including phenoxy) is 1. The van der Waals surface area contributed by atoms with Crippen molar-refractivity contribution in [2.75, 3.05) is 63.6 Å². The molecular weight excluding hydrogens is 1570 g/mol. The van der Waals surface area contributed by atoms with Gasteiger partial charge in [0.2, 0.25) is 23.7 Å². The van der Waals surface area contributed by atoms with Crippen LogP contribution in [-0.4, -0.2) is 160 Å². The van der Waals surface area contributed by atoms with E-state index in [4.69, 9.17) is 4.74 Å². The van der Waals surface area contributed by atoms with Crippen molar-refractivity contribution < 1.29 is 92.6 Å². The maximum absolute atomic E-state index is 12.3. The molecule has 0 radical (unpaired) electrons. The summed E-state index contributed by atoms with van der Waals surface area (Å²) in [6, 6.07) is 24.3. The van der Waals surface area contributed by atoms with Gasteiger partial charge < -0.3 is 25.8 Å². The fraction of sp³-hybridized carbons (Fsp3) is 0.237. The molecule has 3 aromatic heterocycles. The number of fused-ring (bicyclic) bond motifs is 3. The number of thioether (sulfide) groups is 2. The normalized spacial score (nSPS) is 12.7. The number of aromatic nitrogens is 5. The first-order chi connectivity index (χ1) is 50.2. The maximum Gasteiger partial charge on any atom is 0.297 e. The fourth-order valence-corrected chi connectivity index (χ4v) is 14.8. The zero-order valence-electron chi connectivity index (χ0n) is 55.3. The predicted octanol–water partition coefficient (Wildman–Crippen LogP) is 12.4. The number of hydrogen-bond donors (Lipinski definition) is 10. The number of nitrogens with one attached hydrogen (secondary N) is 3. The Kier molecular flexibility index (Phi) is 25.4. The third-order valence-corrected chi connectivity index (χ3v) is 21.6. The van der Waals surface area contributed by atoms with Gasteiger partial charge in [-0.3, -0.25) is 41.8 Å². The lowest BCUT2D eigenvalue weighted by Crippen LogP contribution is -2.17. The van der Waals surface area contributed by atoms with Crippen LogP contribution in [0.25, 0.3) is 16.7 Å². The molecule has 40 nitrogen and oxygen atoms in total. The first-order valence-corrected chi connectivity index (χ1v) is 41.7. The lowest BCUT2D eigenvalue weighted by Gasteiger charge is -2.15. The topological polar surface area (TPSA) is 614 Å². The van der Waals surface area contributed by atoms with E-state index in [0.717, 1.165) is 47.8 Å². The quantitative estimate of drug-likeness (QED) is 0.00447. The Bertz CT molecular complexity index is 5910. The Labute approximate surface area is 616 Å². The number of nitrogens with zero attached hydrogens (tertiary/aromatic N) is 15. The highest BCUT2D eigenvalue weighted by Crippen LogP contribution is 2.46. The van der Waals surface area contributed by atoms with Gasteiger partial charge in [0.1, 0.15) is 39.3 Å². The van der Waals surface area contributed by atoms with Crippen LogP contribution in [0.3, 0.4) is 0 Å². The van der Waals surface area contributed by atoms with E-state index in [0.29, 0.717) is 28.2 Å². The van der Waals surface area contributed by atoms with E-state index in [9.17, 15) is 98.3 Å². The van der Waals surface area contributed by atoms with Crippen molar-refractivity contribution >= 4 is 181 Å². The van der Waals surface area contributed by atoms with E-state index < -0.39 is 135 Å². The van der Waals surface area contributed by atoms with Gasteiger partial charge in [-0.05, 0) is 129 Å². The molecule has 0 spiro atoms. The smallest absolute Gasteiger partial charge is 0.297 e. The molecule has 564 valence electrons. The maximum atomic E-state index is 12.3. The van der Waals surface area contributed by atoms with E-state index in [1.165, 1.54) is 59.9 Å². The molecule has 0 unspecified atom stereocenters. The molecular formula is C59H58N18O22S8. The van der Waals surface area contributed by atoms with Gasteiger partial charge in [-0.25, -0.2) is 4.98 Å². The largest absolute Gasteiger partial charge is 0.493 e. The Morgan fingerprint density at radius 3 is 1.67 bits per heavy atom. The Hall–Kier alpha value is -10.3. The summed E-state index contributed by atoms with van der Waals surface area (Å²) < 4.78 is 209. The summed E-state index contributed by atoms with van der Waals surface area (Å²) in [4.78, 5) is 27.1. The first kappa shape index (κ1) is 80.8. The van der Waals surface area contributed by atoms with Crippen LogP contribution in [0.15, 0.2) is 164 Å². The van der Waals surface area contributed by atoms with E-state index in [1.54, 1.807) is 38.1 Å². The summed E-state index contributed by atoms with van der Waals surface area (Å²) in [6.07, 6.45) is -0.531. The Morgan fingerprint density at radius 1 is 0.561 bits per heavy atom. The van der Waals surface area contributed by atoms with Crippen LogP contribution >= 0.6 is 23.5 Å². The number of nitro groups is 1. The first-order valence-electron chi connectivity index (χ1n) is 30.4. The molecule has 0 saturated heterocycles. The molecule has 0 aliphatic heterocycles. The van der Waals surface area contributed by atoms with E-state index in [-0.39, 0.29) is 126 Å². The van der Waals surface area contributed by atoms with Crippen LogP contribution in [0, 0.1) is 42.2 Å². The lowest BCUT2D eigenvalue weighted by molar-refractivity contribution is -0.385. The third-order valence-electron chi connectivity index (χ3n) is 14.5.